The highest BCUT2D eigenvalue weighted by Crippen LogP contribution is 2.34. The van der Waals surface area contributed by atoms with E-state index in [0.29, 0.717) is 18.7 Å². The van der Waals surface area contributed by atoms with Crippen molar-refractivity contribution in [3.05, 3.63) is 36.0 Å². The SMILES string of the molecule is COCCN(C)C(=O)c1ccnc2c(SSC)cccc12. The summed E-state index contributed by atoms with van der Waals surface area (Å²) in [5, 5.41) is 0.894. The minimum absolute atomic E-state index is 0.00856. The molecule has 1 aromatic heterocycles. The third kappa shape index (κ3) is 3.70. The molecular formula is C15H18N2O2S2. The molecule has 0 N–H and O–H groups in total. The van der Waals surface area contributed by atoms with Crippen molar-refractivity contribution in [3.8, 4) is 0 Å². The van der Waals surface area contributed by atoms with E-state index < -0.39 is 0 Å². The van der Waals surface area contributed by atoms with E-state index in [2.05, 4.69) is 4.98 Å². The van der Waals surface area contributed by atoms with Crippen LogP contribution < -0.4 is 0 Å². The highest BCUT2D eigenvalue weighted by Gasteiger charge is 2.16. The monoisotopic (exact) mass is 322 g/mol. The van der Waals surface area contributed by atoms with Crippen LogP contribution in [0.25, 0.3) is 10.9 Å². The molecule has 0 fully saturated rings. The van der Waals surface area contributed by atoms with Crippen LogP contribution in [0.2, 0.25) is 0 Å². The van der Waals surface area contributed by atoms with Crippen LogP contribution in [0.1, 0.15) is 10.4 Å². The summed E-state index contributed by atoms with van der Waals surface area (Å²) in [6.07, 6.45) is 3.72. The molecule has 1 aromatic carbocycles. The van der Waals surface area contributed by atoms with E-state index in [1.54, 1.807) is 52.9 Å². The minimum Gasteiger partial charge on any atom is -0.383 e. The summed E-state index contributed by atoms with van der Waals surface area (Å²) in [6, 6.07) is 7.72. The van der Waals surface area contributed by atoms with E-state index >= 15 is 0 Å². The zero-order chi connectivity index (χ0) is 15.2. The predicted molar refractivity (Wildman–Crippen MR) is 90.0 cm³/mol. The second kappa shape index (κ2) is 7.68. The number of ether oxygens (including phenoxy) is 1. The van der Waals surface area contributed by atoms with Gasteiger partial charge in [0.15, 0.2) is 0 Å². The molecule has 0 radical (unpaired) electrons. The van der Waals surface area contributed by atoms with E-state index in [1.165, 1.54) is 0 Å². The van der Waals surface area contributed by atoms with Gasteiger partial charge in [0.05, 0.1) is 17.7 Å². The molecule has 0 saturated carbocycles. The average molecular weight is 322 g/mol. The van der Waals surface area contributed by atoms with Gasteiger partial charge in [-0.3, -0.25) is 9.78 Å². The number of fused-ring (bicyclic) bond motifs is 1. The standard InChI is InChI=1S/C15H18N2O2S2/c1-17(9-10-19-2)15(18)12-7-8-16-14-11(12)5-4-6-13(14)21-20-3/h4-8H,9-10H2,1-3H3. The van der Waals surface area contributed by atoms with Crippen LogP contribution in [0.3, 0.4) is 0 Å². The fourth-order valence-corrected chi connectivity index (χ4v) is 3.53. The molecule has 0 aliphatic heterocycles. The fourth-order valence-electron chi connectivity index (χ4n) is 2.03. The van der Waals surface area contributed by atoms with Gasteiger partial charge in [-0.05, 0) is 18.4 Å². The topological polar surface area (TPSA) is 42.4 Å². The largest absolute Gasteiger partial charge is 0.383 e. The lowest BCUT2D eigenvalue weighted by Crippen LogP contribution is -2.30. The Labute approximate surface area is 132 Å². The number of carbonyl (C=O) groups excluding carboxylic acids is 1. The van der Waals surface area contributed by atoms with Gasteiger partial charge in [0.25, 0.3) is 5.91 Å². The van der Waals surface area contributed by atoms with Crippen LogP contribution in [-0.2, 0) is 4.74 Å². The number of carbonyl (C=O) groups is 1. The number of methoxy groups -OCH3 is 1. The first kappa shape index (κ1) is 16.1. The second-order valence-electron chi connectivity index (χ2n) is 4.48. The predicted octanol–water partition coefficient (Wildman–Crippen LogP) is 3.32. The van der Waals surface area contributed by atoms with Crippen LogP contribution in [0.15, 0.2) is 35.4 Å². The highest BCUT2D eigenvalue weighted by atomic mass is 33.1. The Balaban J connectivity index is 2.40. The molecule has 0 aliphatic carbocycles. The quantitative estimate of drug-likeness (QED) is 0.763. The third-order valence-electron chi connectivity index (χ3n) is 3.12. The Morgan fingerprint density at radius 3 is 2.90 bits per heavy atom. The van der Waals surface area contributed by atoms with Gasteiger partial charge >= 0.3 is 0 Å². The first-order valence-corrected chi connectivity index (χ1v) is 9.07. The Kier molecular flexibility index (Phi) is 5.90. The molecule has 1 heterocycles. The second-order valence-corrected chi connectivity index (χ2v) is 6.92. The first-order valence-electron chi connectivity index (χ1n) is 6.51. The smallest absolute Gasteiger partial charge is 0.254 e. The van der Waals surface area contributed by atoms with Crippen molar-refractivity contribution in [2.75, 3.05) is 33.6 Å². The van der Waals surface area contributed by atoms with E-state index in [1.807, 2.05) is 24.5 Å². The number of aromatic nitrogens is 1. The van der Waals surface area contributed by atoms with Crippen molar-refractivity contribution in [2.24, 2.45) is 0 Å². The molecule has 21 heavy (non-hydrogen) atoms. The van der Waals surface area contributed by atoms with Crippen LogP contribution in [0.4, 0.5) is 0 Å². The van der Waals surface area contributed by atoms with E-state index in [0.717, 1.165) is 15.8 Å². The Morgan fingerprint density at radius 2 is 2.19 bits per heavy atom. The van der Waals surface area contributed by atoms with Crippen LogP contribution >= 0.6 is 21.6 Å². The number of pyridine rings is 1. The van der Waals surface area contributed by atoms with Crippen molar-refractivity contribution in [2.45, 2.75) is 4.90 Å². The van der Waals surface area contributed by atoms with Crippen molar-refractivity contribution in [1.29, 1.82) is 0 Å². The summed E-state index contributed by atoms with van der Waals surface area (Å²) in [5.74, 6) is -0.00856. The molecule has 1 amide bonds. The molecule has 0 bridgehead atoms. The first-order chi connectivity index (χ1) is 10.2. The number of likely N-dealkylation sites (N-methyl/N-ethyl adjacent to an activating group) is 1. The summed E-state index contributed by atoms with van der Waals surface area (Å²) in [5.41, 5.74) is 1.56. The molecular weight excluding hydrogens is 304 g/mol. The molecule has 6 heteroatoms. The molecule has 0 saturated heterocycles. The van der Waals surface area contributed by atoms with Crippen LogP contribution in [0.5, 0.6) is 0 Å². The molecule has 2 aromatic rings. The van der Waals surface area contributed by atoms with Gasteiger partial charge in [0, 0.05) is 37.2 Å². The summed E-state index contributed by atoms with van der Waals surface area (Å²) in [7, 11) is 6.74. The number of amides is 1. The van der Waals surface area contributed by atoms with Gasteiger partial charge in [0.2, 0.25) is 0 Å². The van der Waals surface area contributed by atoms with E-state index in [4.69, 9.17) is 4.74 Å². The lowest BCUT2D eigenvalue weighted by atomic mass is 10.1. The number of rotatable bonds is 6. The molecule has 0 unspecified atom stereocenters. The number of hydrogen-bond donors (Lipinski definition) is 0. The Bertz CT molecular complexity index is 634. The lowest BCUT2D eigenvalue weighted by molar-refractivity contribution is 0.0746. The lowest BCUT2D eigenvalue weighted by Gasteiger charge is -2.18. The molecule has 2 rings (SSSR count). The van der Waals surface area contributed by atoms with Gasteiger partial charge in [0.1, 0.15) is 0 Å². The summed E-state index contributed by atoms with van der Waals surface area (Å²) in [6.45, 7) is 1.09. The van der Waals surface area contributed by atoms with E-state index in [-0.39, 0.29) is 5.91 Å². The average Bonchev–Trinajstić information content (AvgIpc) is 2.52. The molecule has 0 atom stereocenters. The summed E-state index contributed by atoms with van der Waals surface area (Å²) >= 11 is 0. The Morgan fingerprint density at radius 1 is 1.38 bits per heavy atom. The van der Waals surface area contributed by atoms with Crippen molar-refractivity contribution < 1.29 is 9.53 Å². The fraction of sp³-hybridized carbons (Fsp3) is 0.333. The van der Waals surface area contributed by atoms with Crippen molar-refractivity contribution in [3.63, 3.8) is 0 Å². The van der Waals surface area contributed by atoms with Gasteiger partial charge < -0.3 is 9.64 Å². The van der Waals surface area contributed by atoms with Crippen LogP contribution in [0, 0.1) is 0 Å². The third-order valence-corrected chi connectivity index (χ3v) is 4.83. The number of benzene rings is 1. The molecule has 0 spiro atoms. The maximum atomic E-state index is 12.6. The summed E-state index contributed by atoms with van der Waals surface area (Å²) < 4.78 is 5.02. The van der Waals surface area contributed by atoms with Crippen LogP contribution in [-0.4, -0.2) is 49.4 Å². The van der Waals surface area contributed by atoms with E-state index in [9.17, 15) is 4.79 Å². The molecule has 4 nitrogen and oxygen atoms in total. The Hall–Kier alpha value is -1.24. The van der Waals surface area contributed by atoms with Gasteiger partial charge in [-0.1, -0.05) is 33.7 Å². The zero-order valence-corrected chi connectivity index (χ0v) is 14.0. The minimum atomic E-state index is -0.00856. The maximum absolute atomic E-state index is 12.6. The summed E-state index contributed by atoms with van der Waals surface area (Å²) in [4.78, 5) is 19.8. The normalized spacial score (nSPS) is 10.8. The van der Waals surface area contributed by atoms with Gasteiger partial charge in [-0.15, -0.1) is 0 Å². The van der Waals surface area contributed by atoms with Gasteiger partial charge in [-0.25, -0.2) is 0 Å². The highest BCUT2D eigenvalue weighted by molar-refractivity contribution is 8.76. The van der Waals surface area contributed by atoms with Crippen molar-refractivity contribution >= 4 is 38.4 Å². The molecule has 0 aliphatic rings. The number of nitrogens with zero attached hydrogens (tertiary/aromatic N) is 2. The van der Waals surface area contributed by atoms with Gasteiger partial charge in [-0.2, -0.15) is 0 Å². The number of para-hydroxylation sites is 1. The van der Waals surface area contributed by atoms with Crippen molar-refractivity contribution in [1.82, 2.24) is 9.88 Å². The zero-order valence-electron chi connectivity index (χ0n) is 12.3. The number of hydrogen-bond acceptors (Lipinski definition) is 5. The maximum Gasteiger partial charge on any atom is 0.254 e. The molecule has 112 valence electrons.